The summed E-state index contributed by atoms with van der Waals surface area (Å²) in [5.74, 6) is -0.745. The number of nitrogens with two attached hydrogens (primary N) is 1. The Hall–Kier alpha value is -2.18. The van der Waals surface area contributed by atoms with E-state index in [4.69, 9.17) is 5.73 Å². The molecule has 2 aromatic carbocycles. The Morgan fingerprint density at radius 2 is 1.65 bits per heavy atom. The van der Waals surface area contributed by atoms with Crippen molar-refractivity contribution in [3.8, 4) is 0 Å². The monoisotopic (exact) mass is 375 g/mol. The number of carbonyl (C=O) groups excluding carboxylic acids is 1. The lowest BCUT2D eigenvalue weighted by molar-refractivity contribution is 0.0992. The molecule has 0 saturated carbocycles. The van der Waals surface area contributed by atoms with Crippen molar-refractivity contribution in [1.82, 2.24) is 0 Å². The molecule has 0 unspecified atom stereocenters. The van der Waals surface area contributed by atoms with Crippen LogP contribution in [0.25, 0.3) is 0 Å². The second-order valence-corrected chi connectivity index (χ2v) is 8.40. The van der Waals surface area contributed by atoms with E-state index in [-0.39, 0.29) is 45.7 Å². The quantitative estimate of drug-likeness (QED) is 0.448. The maximum absolute atomic E-state index is 13.0. The van der Waals surface area contributed by atoms with Crippen molar-refractivity contribution in [2.75, 3.05) is 5.73 Å². The summed E-state index contributed by atoms with van der Waals surface area (Å²) < 4.78 is 34.1. The molecule has 26 heavy (non-hydrogen) atoms. The van der Waals surface area contributed by atoms with Crippen LogP contribution in [0.15, 0.2) is 41.3 Å². The zero-order chi connectivity index (χ0) is 19.6. The van der Waals surface area contributed by atoms with Gasteiger partial charge in [-0.15, -0.1) is 0 Å². The molecule has 0 heterocycles. The van der Waals surface area contributed by atoms with Crippen LogP contribution in [0.5, 0.6) is 0 Å². The lowest BCUT2D eigenvalue weighted by Gasteiger charge is -2.22. The third kappa shape index (κ3) is 4.14. The van der Waals surface area contributed by atoms with Crippen LogP contribution in [0.3, 0.4) is 0 Å². The summed E-state index contributed by atoms with van der Waals surface area (Å²) in [6.07, 6.45) is 0.108. The Labute approximate surface area is 155 Å². The molecule has 0 aliphatic heterocycles. The van der Waals surface area contributed by atoms with Crippen LogP contribution >= 0.6 is 0 Å². The van der Waals surface area contributed by atoms with Gasteiger partial charge in [-0.3, -0.25) is 9.35 Å². The van der Waals surface area contributed by atoms with Crippen LogP contribution in [-0.4, -0.2) is 18.8 Å². The number of anilines is 1. The predicted molar refractivity (Wildman–Crippen MR) is 103 cm³/mol. The molecule has 0 fully saturated rings. The highest BCUT2D eigenvalue weighted by molar-refractivity contribution is 7.86. The molecule has 6 heteroatoms. The Kier molecular flexibility index (Phi) is 5.88. The summed E-state index contributed by atoms with van der Waals surface area (Å²) >= 11 is 0. The van der Waals surface area contributed by atoms with Crippen LogP contribution in [0, 0.1) is 0 Å². The highest BCUT2D eigenvalue weighted by Crippen LogP contribution is 2.38. The van der Waals surface area contributed by atoms with E-state index in [1.54, 1.807) is 13.8 Å². The number of rotatable bonds is 6. The van der Waals surface area contributed by atoms with Gasteiger partial charge >= 0.3 is 0 Å². The first-order valence-corrected chi connectivity index (χ1v) is 9.98. The first kappa shape index (κ1) is 20.1. The van der Waals surface area contributed by atoms with Gasteiger partial charge in [0.2, 0.25) is 0 Å². The smallest absolute Gasteiger partial charge is 0.295 e. The van der Waals surface area contributed by atoms with Crippen molar-refractivity contribution in [3.05, 3.63) is 58.7 Å². The van der Waals surface area contributed by atoms with Crippen molar-refractivity contribution >= 4 is 21.6 Å². The van der Waals surface area contributed by atoms with Gasteiger partial charge < -0.3 is 5.73 Å². The van der Waals surface area contributed by atoms with E-state index >= 15 is 0 Å². The second-order valence-electron chi connectivity index (χ2n) is 7.04. The first-order valence-electron chi connectivity index (χ1n) is 8.54. The van der Waals surface area contributed by atoms with E-state index in [2.05, 4.69) is 0 Å². The fourth-order valence-electron chi connectivity index (χ4n) is 3.18. The highest BCUT2D eigenvalue weighted by Gasteiger charge is 2.30. The molecule has 2 aromatic rings. The van der Waals surface area contributed by atoms with Crippen LogP contribution in [-0.2, 0) is 16.5 Å². The average Bonchev–Trinajstić information content (AvgIpc) is 2.53. The fourth-order valence-corrected chi connectivity index (χ4v) is 4.39. The normalized spacial score (nSPS) is 12.0. The van der Waals surface area contributed by atoms with E-state index < -0.39 is 10.1 Å². The minimum absolute atomic E-state index is 0.108. The molecule has 0 radical (unpaired) electrons. The first-order chi connectivity index (χ1) is 12.0. The molecule has 5 nitrogen and oxygen atoms in total. The number of hydrogen-bond acceptors (Lipinski definition) is 4. The maximum Gasteiger partial charge on any atom is 0.295 e. The fraction of sp³-hybridized carbons (Fsp3) is 0.350. The van der Waals surface area contributed by atoms with Gasteiger partial charge in [0.25, 0.3) is 10.1 Å². The Bertz CT molecular complexity index is 917. The number of benzene rings is 2. The van der Waals surface area contributed by atoms with Gasteiger partial charge in [-0.1, -0.05) is 58.0 Å². The van der Waals surface area contributed by atoms with Gasteiger partial charge in [0.15, 0.2) is 5.78 Å². The average molecular weight is 375 g/mol. The van der Waals surface area contributed by atoms with Crippen molar-refractivity contribution in [2.24, 2.45) is 0 Å². The number of hydrogen-bond donors (Lipinski definition) is 2. The lowest BCUT2D eigenvalue weighted by Crippen LogP contribution is -2.18. The van der Waals surface area contributed by atoms with Gasteiger partial charge in [0, 0.05) is 17.7 Å². The molecule has 140 valence electrons. The number of carbonyl (C=O) groups is 1. The molecular formula is C20H25NO4S. The van der Waals surface area contributed by atoms with Gasteiger partial charge in [-0.25, -0.2) is 0 Å². The van der Waals surface area contributed by atoms with Crippen molar-refractivity contribution in [3.63, 3.8) is 0 Å². The molecule has 0 aromatic heterocycles. The van der Waals surface area contributed by atoms with E-state index in [0.29, 0.717) is 5.56 Å². The lowest BCUT2D eigenvalue weighted by atomic mass is 9.87. The Balaban J connectivity index is 2.75. The summed E-state index contributed by atoms with van der Waals surface area (Å²) in [6, 6.07) is 10.7. The summed E-state index contributed by atoms with van der Waals surface area (Å²) in [5.41, 5.74) is 8.11. The summed E-state index contributed by atoms with van der Waals surface area (Å²) in [6.45, 7) is 7.21. The largest absolute Gasteiger partial charge is 0.398 e. The Morgan fingerprint density at radius 3 is 2.12 bits per heavy atom. The minimum Gasteiger partial charge on any atom is -0.398 e. The zero-order valence-electron chi connectivity index (χ0n) is 15.5. The van der Waals surface area contributed by atoms with E-state index in [1.807, 2.05) is 44.2 Å². The highest BCUT2D eigenvalue weighted by atomic mass is 32.2. The molecule has 0 atom stereocenters. The molecule has 0 spiro atoms. The molecule has 0 amide bonds. The SMILES string of the molecule is CC(C)c1cc(N)c(C(=O)Cc2ccccc2)c(C(C)C)c1S(=O)(=O)O. The van der Waals surface area contributed by atoms with Gasteiger partial charge in [0.05, 0.1) is 0 Å². The molecular weight excluding hydrogens is 350 g/mol. The third-order valence-electron chi connectivity index (χ3n) is 4.32. The van der Waals surface area contributed by atoms with Gasteiger partial charge in [0.1, 0.15) is 4.90 Å². The van der Waals surface area contributed by atoms with Crippen LogP contribution < -0.4 is 5.73 Å². The van der Waals surface area contributed by atoms with Crippen molar-refractivity contribution in [1.29, 1.82) is 0 Å². The minimum atomic E-state index is -4.51. The topological polar surface area (TPSA) is 97.5 Å². The predicted octanol–water partition coefficient (Wildman–Crippen LogP) is 4.19. The number of nitrogen functional groups attached to an aromatic ring is 1. The number of Topliss-reactive ketones (excluding diaryl/α,β-unsaturated/α-hetero) is 1. The van der Waals surface area contributed by atoms with E-state index in [1.165, 1.54) is 6.07 Å². The van der Waals surface area contributed by atoms with Crippen LogP contribution in [0.2, 0.25) is 0 Å². The Morgan fingerprint density at radius 1 is 1.08 bits per heavy atom. The van der Waals surface area contributed by atoms with Gasteiger partial charge in [-0.05, 0) is 34.6 Å². The van der Waals surface area contributed by atoms with E-state index in [0.717, 1.165) is 5.56 Å². The molecule has 2 rings (SSSR count). The zero-order valence-corrected chi connectivity index (χ0v) is 16.3. The molecule has 0 aliphatic carbocycles. The standard InChI is InChI=1S/C20H25NO4S/c1-12(2)15-11-16(21)19(17(22)10-14-8-6-5-7-9-14)18(13(3)4)20(15)26(23,24)25/h5-9,11-13H,10,21H2,1-4H3,(H,23,24,25). The molecule has 3 N–H and O–H groups in total. The number of ketones is 1. The van der Waals surface area contributed by atoms with Gasteiger partial charge in [-0.2, -0.15) is 8.42 Å². The van der Waals surface area contributed by atoms with E-state index in [9.17, 15) is 17.8 Å². The molecule has 0 aliphatic rings. The summed E-state index contributed by atoms with van der Waals surface area (Å²) in [7, 11) is -4.51. The van der Waals surface area contributed by atoms with Crippen molar-refractivity contribution < 1.29 is 17.8 Å². The van der Waals surface area contributed by atoms with Crippen LogP contribution in [0.1, 0.15) is 66.6 Å². The molecule has 0 bridgehead atoms. The van der Waals surface area contributed by atoms with Crippen molar-refractivity contribution in [2.45, 2.75) is 50.8 Å². The third-order valence-corrected chi connectivity index (χ3v) is 5.29. The maximum atomic E-state index is 13.0. The summed E-state index contributed by atoms with van der Waals surface area (Å²) in [5, 5.41) is 0. The van der Waals surface area contributed by atoms with Crippen LogP contribution in [0.4, 0.5) is 5.69 Å². The summed E-state index contributed by atoms with van der Waals surface area (Å²) in [4.78, 5) is 12.8. The molecule has 0 saturated heterocycles. The second kappa shape index (κ2) is 7.60.